The number of carbonyl (C=O) groups excluding carboxylic acids is 1. The highest BCUT2D eigenvalue weighted by molar-refractivity contribution is 5.86. The molecule has 0 spiro atoms. The number of rotatable bonds is 3. The summed E-state index contributed by atoms with van der Waals surface area (Å²) in [7, 11) is 0. The van der Waals surface area contributed by atoms with Crippen LogP contribution >= 0.6 is 0 Å². The maximum atomic E-state index is 11.6. The quantitative estimate of drug-likeness (QED) is 0.858. The predicted molar refractivity (Wildman–Crippen MR) is 84.3 cm³/mol. The molecule has 0 aromatic carbocycles. The number of aromatic nitrogens is 2. The Bertz CT molecular complexity index is 691. The summed E-state index contributed by atoms with van der Waals surface area (Å²) < 4.78 is 10.2. The van der Waals surface area contributed by atoms with Gasteiger partial charge in [0.25, 0.3) is 0 Å². The van der Waals surface area contributed by atoms with Crippen LogP contribution in [0.1, 0.15) is 57.2 Å². The van der Waals surface area contributed by atoms with Crippen molar-refractivity contribution in [3.05, 3.63) is 23.5 Å². The van der Waals surface area contributed by atoms with Gasteiger partial charge in [0.2, 0.25) is 5.88 Å². The monoisotopic (exact) mass is 302 g/mol. The summed E-state index contributed by atoms with van der Waals surface area (Å²) >= 11 is 0. The van der Waals surface area contributed by atoms with Crippen molar-refractivity contribution in [2.75, 3.05) is 0 Å². The molecule has 2 aromatic rings. The zero-order chi connectivity index (χ0) is 15.7. The first-order valence-corrected chi connectivity index (χ1v) is 7.97. The van der Waals surface area contributed by atoms with Gasteiger partial charge in [-0.15, -0.1) is 0 Å². The molecule has 22 heavy (non-hydrogen) atoms. The average molecular weight is 302 g/mol. The van der Waals surface area contributed by atoms with E-state index in [0.717, 1.165) is 23.7 Å². The Morgan fingerprint density at radius 1 is 1.50 bits per heavy atom. The van der Waals surface area contributed by atoms with Gasteiger partial charge >= 0.3 is 6.16 Å². The standard InChI is InChI=1S/C17H22N2O3/c1-4-11-6-5-7-13-16(11)12-8-15(18-9-14(12)19-13)22-17(20)21-10(2)3/h8-11,19H,4-7H2,1-3H3. The van der Waals surface area contributed by atoms with Crippen LogP contribution in [0.4, 0.5) is 4.79 Å². The van der Waals surface area contributed by atoms with E-state index in [1.165, 1.54) is 24.1 Å². The fourth-order valence-electron chi connectivity index (χ4n) is 3.25. The Kier molecular flexibility index (Phi) is 4.05. The van der Waals surface area contributed by atoms with Crippen LogP contribution in [0.25, 0.3) is 10.9 Å². The predicted octanol–water partition coefficient (Wildman–Crippen LogP) is 4.32. The first-order chi connectivity index (χ1) is 10.6. The van der Waals surface area contributed by atoms with Crippen molar-refractivity contribution in [3.8, 4) is 5.88 Å². The summed E-state index contributed by atoms with van der Waals surface area (Å²) in [4.78, 5) is 19.3. The first kappa shape index (κ1) is 14.9. The molecule has 1 unspecified atom stereocenters. The molecule has 3 rings (SSSR count). The van der Waals surface area contributed by atoms with E-state index >= 15 is 0 Å². The summed E-state index contributed by atoms with van der Waals surface area (Å²) in [6.07, 6.45) is 5.44. The minimum atomic E-state index is -0.710. The first-order valence-electron chi connectivity index (χ1n) is 7.97. The third kappa shape index (κ3) is 2.80. The number of nitrogens with one attached hydrogen (secondary N) is 1. The van der Waals surface area contributed by atoms with Crippen LogP contribution in [0.15, 0.2) is 12.3 Å². The Hall–Kier alpha value is -2.04. The smallest absolute Gasteiger partial charge is 0.431 e. The van der Waals surface area contributed by atoms with E-state index in [1.807, 2.05) is 6.07 Å². The van der Waals surface area contributed by atoms with E-state index in [1.54, 1.807) is 20.0 Å². The molecule has 1 aliphatic rings. The molecule has 0 saturated heterocycles. The molecule has 0 bridgehead atoms. The number of hydrogen-bond donors (Lipinski definition) is 1. The molecule has 0 amide bonds. The van der Waals surface area contributed by atoms with Gasteiger partial charge in [-0.05, 0) is 51.0 Å². The van der Waals surface area contributed by atoms with Crippen molar-refractivity contribution >= 4 is 17.1 Å². The molecule has 0 aliphatic heterocycles. The molecule has 118 valence electrons. The van der Waals surface area contributed by atoms with Crippen molar-refractivity contribution in [1.82, 2.24) is 9.97 Å². The summed E-state index contributed by atoms with van der Waals surface area (Å²) in [5.41, 5.74) is 3.68. The molecule has 1 aliphatic carbocycles. The topological polar surface area (TPSA) is 64.2 Å². The van der Waals surface area contributed by atoms with E-state index in [0.29, 0.717) is 11.8 Å². The van der Waals surface area contributed by atoms with Gasteiger partial charge in [-0.3, -0.25) is 0 Å². The number of hydrogen-bond acceptors (Lipinski definition) is 4. The molecular formula is C17H22N2O3. The molecule has 0 fully saturated rings. The largest absolute Gasteiger partial charge is 0.515 e. The molecule has 5 heteroatoms. The fourth-order valence-corrected chi connectivity index (χ4v) is 3.25. The number of H-pyrrole nitrogens is 1. The van der Waals surface area contributed by atoms with Crippen LogP contribution < -0.4 is 4.74 Å². The lowest BCUT2D eigenvalue weighted by molar-refractivity contribution is 0.0716. The summed E-state index contributed by atoms with van der Waals surface area (Å²) in [5.74, 6) is 0.857. The second-order valence-electron chi connectivity index (χ2n) is 6.10. The maximum Gasteiger partial charge on any atom is 0.515 e. The van der Waals surface area contributed by atoms with Gasteiger partial charge in [0.15, 0.2) is 0 Å². The number of fused-ring (bicyclic) bond motifs is 3. The molecule has 0 radical (unpaired) electrons. The minimum absolute atomic E-state index is 0.208. The molecule has 2 heterocycles. The number of nitrogens with zero attached hydrogens (tertiary/aromatic N) is 1. The number of aryl methyl sites for hydroxylation is 1. The van der Waals surface area contributed by atoms with Crippen LogP contribution in [0.5, 0.6) is 5.88 Å². The average Bonchev–Trinajstić information content (AvgIpc) is 2.84. The van der Waals surface area contributed by atoms with Crippen molar-refractivity contribution in [1.29, 1.82) is 0 Å². The third-order valence-corrected chi connectivity index (χ3v) is 4.18. The van der Waals surface area contributed by atoms with Crippen molar-refractivity contribution < 1.29 is 14.3 Å². The minimum Gasteiger partial charge on any atom is -0.431 e. The Labute approximate surface area is 130 Å². The number of pyridine rings is 1. The van der Waals surface area contributed by atoms with Gasteiger partial charge in [-0.1, -0.05) is 6.92 Å². The normalized spacial score (nSPS) is 17.5. The van der Waals surface area contributed by atoms with Crippen LogP contribution in [0, 0.1) is 0 Å². The van der Waals surface area contributed by atoms with Crippen molar-refractivity contribution in [2.24, 2.45) is 0 Å². The molecule has 1 atom stereocenters. The Balaban J connectivity index is 1.93. The zero-order valence-corrected chi connectivity index (χ0v) is 13.3. The van der Waals surface area contributed by atoms with Crippen LogP contribution in [0.3, 0.4) is 0 Å². The lowest BCUT2D eigenvalue weighted by Crippen LogP contribution is -2.16. The summed E-state index contributed by atoms with van der Waals surface area (Å²) in [6.45, 7) is 5.79. The van der Waals surface area contributed by atoms with Crippen LogP contribution in [0.2, 0.25) is 0 Å². The van der Waals surface area contributed by atoms with Crippen LogP contribution in [-0.4, -0.2) is 22.2 Å². The molecule has 5 nitrogen and oxygen atoms in total. The second kappa shape index (κ2) is 5.99. The van der Waals surface area contributed by atoms with Gasteiger partial charge < -0.3 is 14.5 Å². The van der Waals surface area contributed by atoms with Gasteiger partial charge in [0, 0.05) is 17.1 Å². The van der Waals surface area contributed by atoms with E-state index in [9.17, 15) is 4.79 Å². The van der Waals surface area contributed by atoms with E-state index in [2.05, 4.69) is 16.9 Å². The van der Waals surface area contributed by atoms with Crippen LogP contribution in [-0.2, 0) is 11.2 Å². The van der Waals surface area contributed by atoms with Crippen molar-refractivity contribution in [2.45, 2.75) is 58.5 Å². The van der Waals surface area contributed by atoms with Gasteiger partial charge in [0.05, 0.1) is 17.8 Å². The maximum absolute atomic E-state index is 11.6. The number of carbonyl (C=O) groups is 1. The fraction of sp³-hybridized carbons (Fsp3) is 0.529. The van der Waals surface area contributed by atoms with E-state index in [-0.39, 0.29) is 6.10 Å². The number of aromatic amines is 1. The molecule has 1 N–H and O–H groups in total. The highest BCUT2D eigenvalue weighted by Gasteiger charge is 2.24. The molecular weight excluding hydrogens is 280 g/mol. The highest BCUT2D eigenvalue weighted by Crippen LogP contribution is 2.39. The lowest BCUT2D eigenvalue weighted by Gasteiger charge is -2.21. The van der Waals surface area contributed by atoms with E-state index < -0.39 is 6.16 Å². The second-order valence-corrected chi connectivity index (χ2v) is 6.10. The van der Waals surface area contributed by atoms with E-state index in [4.69, 9.17) is 9.47 Å². The SMILES string of the molecule is CCC1CCCc2[nH]c3cnc(OC(=O)OC(C)C)cc3c21. The summed E-state index contributed by atoms with van der Waals surface area (Å²) in [6, 6.07) is 1.85. The lowest BCUT2D eigenvalue weighted by atomic mass is 9.84. The third-order valence-electron chi connectivity index (χ3n) is 4.18. The zero-order valence-electron chi connectivity index (χ0n) is 13.3. The number of ether oxygens (including phenoxy) is 2. The highest BCUT2D eigenvalue weighted by atomic mass is 16.7. The Morgan fingerprint density at radius 2 is 2.32 bits per heavy atom. The van der Waals surface area contributed by atoms with Gasteiger partial charge in [-0.2, -0.15) is 0 Å². The molecule has 2 aromatic heterocycles. The van der Waals surface area contributed by atoms with Gasteiger partial charge in [0.1, 0.15) is 0 Å². The van der Waals surface area contributed by atoms with Gasteiger partial charge in [-0.25, -0.2) is 9.78 Å². The van der Waals surface area contributed by atoms with Crippen molar-refractivity contribution in [3.63, 3.8) is 0 Å². The summed E-state index contributed by atoms with van der Waals surface area (Å²) in [5, 5.41) is 1.11. The molecule has 0 saturated carbocycles. The Morgan fingerprint density at radius 3 is 3.05 bits per heavy atom.